The average molecular weight is 276 g/mol. The molecule has 1 amide bonds. The minimum atomic E-state index is -0.392. The van der Waals surface area contributed by atoms with E-state index in [1.54, 1.807) is 11.8 Å². The molecule has 19 heavy (non-hydrogen) atoms. The van der Waals surface area contributed by atoms with Gasteiger partial charge in [0.1, 0.15) is 5.76 Å². The second-order valence-corrected chi connectivity index (χ2v) is 5.16. The van der Waals surface area contributed by atoms with E-state index in [-0.39, 0.29) is 5.76 Å². The van der Waals surface area contributed by atoms with Crippen LogP contribution in [0.5, 0.6) is 0 Å². The van der Waals surface area contributed by atoms with Crippen LogP contribution >= 0.6 is 11.8 Å². The third-order valence-corrected chi connectivity index (χ3v) is 3.69. The number of amides is 1. The van der Waals surface area contributed by atoms with Crippen molar-refractivity contribution in [1.82, 2.24) is 5.43 Å². The number of carbonyl (C=O) groups excluding carboxylic acids is 1. The Morgan fingerprint density at radius 2 is 2.05 bits per heavy atom. The molecule has 1 aromatic carbocycles. The molecule has 0 atom stereocenters. The van der Waals surface area contributed by atoms with Gasteiger partial charge in [0, 0.05) is 11.3 Å². The summed E-state index contributed by atoms with van der Waals surface area (Å²) in [7, 11) is 0. The first-order chi connectivity index (χ1) is 9.20. The van der Waals surface area contributed by atoms with Crippen molar-refractivity contribution in [2.45, 2.75) is 18.4 Å². The zero-order valence-corrected chi connectivity index (χ0v) is 11.5. The SMILES string of the molecule is Cc1cc(CSCc2ccccc2)oc1C(=O)NN. The summed E-state index contributed by atoms with van der Waals surface area (Å²) in [6.07, 6.45) is 0. The summed E-state index contributed by atoms with van der Waals surface area (Å²) < 4.78 is 5.49. The van der Waals surface area contributed by atoms with Gasteiger partial charge >= 0.3 is 5.91 Å². The highest BCUT2D eigenvalue weighted by atomic mass is 32.2. The molecule has 0 spiro atoms. The fraction of sp³-hybridized carbons (Fsp3) is 0.214. The molecule has 0 bridgehead atoms. The van der Waals surface area contributed by atoms with Gasteiger partial charge in [-0.1, -0.05) is 30.3 Å². The molecule has 1 aromatic heterocycles. The van der Waals surface area contributed by atoms with Crippen LogP contribution in [0.3, 0.4) is 0 Å². The molecule has 5 heteroatoms. The minimum absolute atomic E-state index is 0.290. The molecule has 0 saturated carbocycles. The van der Waals surface area contributed by atoms with Crippen molar-refractivity contribution in [1.29, 1.82) is 0 Å². The van der Waals surface area contributed by atoms with Crippen LogP contribution in [0.15, 0.2) is 40.8 Å². The van der Waals surface area contributed by atoms with Gasteiger partial charge < -0.3 is 4.42 Å². The van der Waals surface area contributed by atoms with Crippen molar-refractivity contribution >= 4 is 17.7 Å². The van der Waals surface area contributed by atoms with Crippen molar-refractivity contribution in [3.8, 4) is 0 Å². The van der Waals surface area contributed by atoms with Gasteiger partial charge in [-0.05, 0) is 18.6 Å². The third kappa shape index (κ3) is 3.62. The van der Waals surface area contributed by atoms with Crippen LogP contribution in [0.4, 0.5) is 0 Å². The number of aryl methyl sites for hydroxylation is 1. The predicted molar refractivity (Wildman–Crippen MR) is 76.5 cm³/mol. The zero-order chi connectivity index (χ0) is 13.7. The Balaban J connectivity index is 1.92. The first-order valence-corrected chi connectivity index (χ1v) is 7.08. The Hall–Kier alpha value is -1.72. The van der Waals surface area contributed by atoms with Crippen LogP contribution in [0.25, 0.3) is 0 Å². The number of benzene rings is 1. The Morgan fingerprint density at radius 3 is 2.74 bits per heavy atom. The van der Waals surface area contributed by atoms with E-state index < -0.39 is 5.91 Å². The number of rotatable bonds is 5. The maximum atomic E-state index is 11.4. The van der Waals surface area contributed by atoms with E-state index in [0.29, 0.717) is 0 Å². The van der Waals surface area contributed by atoms with Crippen molar-refractivity contribution in [2.24, 2.45) is 5.84 Å². The highest BCUT2D eigenvalue weighted by Crippen LogP contribution is 2.22. The molecule has 2 aromatic rings. The molecule has 4 nitrogen and oxygen atoms in total. The predicted octanol–water partition coefficient (Wildman–Crippen LogP) is 2.62. The molecule has 2 rings (SSSR count). The molecular formula is C14H16N2O2S. The van der Waals surface area contributed by atoms with Crippen molar-refractivity contribution < 1.29 is 9.21 Å². The smallest absolute Gasteiger partial charge is 0.301 e. The Kier molecular flexibility index (Phi) is 4.65. The number of nitrogens with one attached hydrogen (secondary N) is 1. The molecule has 0 unspecified atom stereocenters. The van der Waals surface area contributed by atoms with E-state index in [2.05, 4.69) is 17.6 Å². The maximum absolute atomic E-state index is 11.4. The lowest BCUT2D eigenvalue weighted by Crippen LogP contribution is -2.30. The lowest BCUT2D eigenvalue weighted by molar-refractivity contribution is 0.0923. The number of hydrazine groups is 1. The van der Waals surface area contributed by atoms with Crippen molar-refractivity contribution in [3.63, 3.8) is 0 Å². The second kappa shape index (κ2) is 6.45. The van der Waals surface area contributed by atoms with Crippen LogP contribution in [0, 0.1) is 6.92 Å². The van der Waals surface area contributed by atoms with Gasteiger partial charge in [-0.25, -0.2) is 5.84 Å². The normalized spacial score (nSPS) is 10.4. The summed E-state index contributed by atoms with van der Waals surface area (Å²) in [5.41, 5.74) is 4.16. The number of hydrogen-bond acceptors (Lipinski definition) is 4. The number of furan rings is 1. The molecule has 0 radical (unpaired) electrons. The van der Waals surface area contributed by atoms with Crippen LogP contribution in [0.1, 0.15) is 27.4 Å². The lowest BCUT2D eigenvalue weighted by Gasteiger charge is -1.99. The first-order valence-electron chi connectivity index (χ1n) is 5.92. The van der Waals surface area contributed by atoms with Gasteiger partial charge in [0.05, 0.1) is 5.75 Å². The maximum Gasteiger partial charge on any atom is 0.301 e. The summed E-state index contributed by atoms with van der Waals surface area (Å²) in [6, 6.07) is 12.1. The third-order valence-electron chi connectivity index (χ3n) is 2.66. The van der Waals surface area contributed by atoms with E-state index in [1.165, 1.54) is 5.56 Å². The molecule has 0 aliphatic heterocycles. The average Bonchev–Trinajstić information content (AvgIpc) is 2.80. The van der Waals surface area contributed by atoms with Gasteiger partial charge in [-0.15, -0.1) is 11.8 Å². The second-order valence-electron chi connectivity index (χ2n) is 4.18. The lowest BCUT2D eigenvalue weighted by atomic mass is 10.2. The zero-order valence-electron chi connectivity index (χ0n) is 10.7. The minimum Gasteiger partial charge on any atom is -0.455 e. The van der Waals surface area contributed by atoms with Crippen LogP contribution in [-0.4, -0.2) is 5.91 Å². The number of carbonyl (C=O) groups is 1. The molecule has 0 fully saturated rings. The topological polar surface area (TPSA) is 68.3 Å². The molecule has 0 aliphatic carbocycles. The highest BCUT2D eigenvalue weighted by molar-refractivity contribution is 7.97. The first kappa shape index (κ1) is 13.7. The number of hydrogen-bond donors (Lipinski definition) is 2. The standard InChI is InChI=1S/C14H16N2O2S/c1-10-7-12(18-13(10)14(17)16-15)9-19-8-11-5-3-2-4-6-11/h2-7H,8-9,15H2,1H3,(H,16,17). The van der Waals surface area contributed by atoms with E-state index in [1.807, 2.05) is 31.2 Å². The summed E-state index contributed by atoms with van der Waals surface area (Å²) in [5, 5.41) is 0. The quantitative estimate of drug-likeness (QED) is 0.500. The van der Waals surface area contributed by atoms with Crippen LogP contribution in [-0.2, 0) is 11.5 Å². The van der Waals surface area contributed by atoms with Crippen molar-refractivity contribution in [2.75, 3.05) is 0 Å². The molecule has 0 aliphatic rings. The van der Waals surface area contributed by atoms with Crippen LogP contribution < -0.4 is 11.3 Å². The van der Waals surface area contributed by atoms with Gasteiger partial charge in [0.15, 0.2) is 5.76 Å². The van der Waals surface area contributed by atoms with Crippen LogP contribution in [0.2, 0.25) is 0 Å². The highest BCUT2D eigenvalue weighted by Gasteiger charge is 2.14. The molecule has 1 heterocycles. The summed E-state index contributed by atoms with van der Waals surface area (Å²) >= 11 is 1.74. The van der Waals surface area contributed by atoms with Gasteiger partial charge in [-0.3, -0.25) is 10.2 Å². The Labute approximate surface area is 116 Å². The van der Waals surface area contributed by atoms with Gasteiger partial charge in [-0.2, -0.15) is 0 Å². The fourth-order valence-corrected chi connectivity index (χ4v) is 2.63. The summed E-state index contributed by atoms with van der Waals surface area (Å²) in [5.74, 6) is 7.43. The van der Waals surface area contributed by atoms with Crippen molar-refractivity contribution in [3.05, 3.63) is 59.0 Å². The van der Waals surface area contributed by atoms with E-state index in [9.17, 15) is 4.79 Å². The molecule has 0 saturated heterocycles. The molecule has 100 valence electrons. The van der Waals surface area contributed by atoms with E-state index >= 15 is 0 Å². The molecule has 3 N–H and O–H groups in total. The summed E-state index contributed by atoms with van der Waals surface area (Å²) in [4.78, 5) is 11.4. The number of thioether (sulfide) groups is 1. The molecular weight excluding hydrogens is 260 g/mol. The number of nitrogens with two attached hydrogens (primary N) is 1. The number of nitrogen functional groups attached to an aromatic ring is 1. The largest absolute Gasteiger partial charge is 0.455 e. The van der Waals surface area contributed by atoms with E-state index in [4.69, 9.17) is 10.3 Å². The monoisotopic (exact) mass is 276 g/mol. The van der Waals surface area contributed by atoms with E-state index in [0.717, 1.165) is 22.8 Å². The van der Waals surface area contributed by atoms with Gasteiger partial charge in [0.2, 0.25) is 0 Å². The summed E-state index contributed by atoms with van der Waals surface area (Å²) in [6.45, 7) is 1.83. The Morgan fingerprint density at radius 1 is 1.32 bits per heavy atom. The fourth-order valence-electron chi connectivity index (χ4n) is 1.75. The Bertz CT molecular complexity index is 552. The van der Waals surface area contributed by atoms with Gasteiger partial charge in [0.25, 0.3) is 0 Å².